The lowest BCUT2D eigenvalue weighted by molar-refractivity contribution is -0.149. The van der Waals surface area contributed by atoms with Crippen molar-refractivity contribution in [1.82, 2.24) is 5.32 Å². The first-order valence-corrected chi connectivity index (χ1v) is 7.20. The summed E-state index contributed by atoms with van der Waals surface area (Å²) in [7, 11) is 1.31. The van der Waals surface area contributed by atoms with Gasteiger partial charge in [-0.3, -0.25) is 9.59 Å². The summed E-state index contributed by atoms with van der Waals surface area (Å²) in [6, 6.07) is 19.1. The normalized spacial score (nSPS) is 23.9. The highest BCUT2D eigenvalue weighted by Crippen LogP contribution is 2.42. The van der Waals surface area contributed by atoms with Gasteiger partial charge < -0.3 is 10.1 Å². The Hall–Kier alpha value is -2.62. The molecule has 22 heavy (non-hydrogen) atoms. The molecule has 4 heteroatoms. The first kappa shape index (κ1) is 14.3. The van der Waals surface area contributed by atoms with Crippen LogP contribution in [0, 0.1) is 5.92 Å². The van der Waals surface area contributed by atoms with Crippen LogP contribution in [0.5, 0.6) is 0 Å². The van der Waals surface area contributed by atoms with E-state index >= 15 is 0 Å². The van der Waals surface area contributed by atoms with Gasteiger partial charge in [0.25, 0.3) is 0 Å². The largest absolute Gasteiger partial charge is 0.468 e. The first-order chi connectivity index (χ1) is 10.7. The van der Waals surface area contributed by atoms with Gasteiger partial charge in [-0.25, -0.2) is 0 Å². The minimum Gasteiger partial charge on any atom is -0.468 e. The van der Waals surface area contributed by atoms with Crippen molar-refractivity contribution in [3.05, 3.63) is 71.8 Å². The molecule has 0 spiro atoms. The van der Waals surface area contributed by atoms with Crippen LogP contribution in [0.2, 0.25) is 0 Å². The zero-order valence-electron chi connectivity index (χ0n) is 12.2. The van der Waals surface area contributed by atoms with Gasteiger partial charge in [0.15, 0.2) is 0 Å². The lowest BCUT2D eigenvalue weighted by atomic mass is 9.81. The topological polar surface area (TPSA) is 55.4 Å². The van der Waals surface area contributed by atoms with Crippen LogP contribution in [0.1, 0.15) is 23.1 Å². The van der Waals surface area contributed by atoms with Crippen LogP contribution < -0.4 is 5.32 Å². The number of methoxy groups -OCH3 is 1. The zero-order chi connectivity index (χ0) is 15.5. The Bertz CT molecular complexity index is 669. The van der Waals surface area contributed by atoms with Crippen molar-refractivity contribution in [3.8, 4) is 0 Å². The van der Waals surface area contributed by atoms with Crippen LogP contribution in [0.4, 0.5) is 0 Å². The van der Waals surface area contributed by atoms with Gasteiger partial charge in [-0.1, -0.05) is 60.7 Å². The summed E-state index contributed by atoms with van der Waals surface area (Å²) in [6.45, 7) is 0. The van der Waals surface area contributed by atoms with Crippen LogP contribution >= 0.6 is 0 Å². The van der Waals surface area contributed by atoms with E-state index in [1.807, 2.05) is 60.7 Å². The van der Waals surface area contributed by atoms with Crippen molar-refractivity contribution >= 4 is 11.9 Å². The maximum absolute atomic E-state index is 12.3. The van der Waals surface area contributed by atoms with Crippen molar-refractivity contribution in [2.75, 3.05) is 7.11 Å². The number of hydrogen-bond acceptors (Lipinski definition) is 3. The lowest BCUT2D eigenvalue weighted by Crippen LogP contribution is -2.28. The molecule has 1 heterocycles. The highest BCUT2D eigenvalue weighted by molar-refractivity contribution is 6.01. The minimum absolute atomic E-state index is 0.236. The smallest absolute Gasteiger partial charge is 0.318 e. The van der Waals surface area contributed by atoms with Crippen LogP contribution in [-0.4, -0.2) is 19.0 Å². The number of amides is 1. The molecule has 1 aliphatic heterocycles. The Morgan fingerprint density at radius 3 is 2.05 bits per heavy atom. The highest BCUT2D eigenvalue weighted by atomic mass is 16.5. The second-order valence-electron chi connectivity index (χ2n) is 5.33. The second kappa shape index (κ2) is 6.02. The van der Waals surface area contributed by atoms with E-state index in [4.69, 9.17) is 4.74 Å². The number of hydrogen-bond donors (Lipinski definition) is 1. The van der Waals surface area contributed by atoms with Crippen LogP contribution in [0.25, 0.3) is 0 Å². The van der Waals surface area contributed by atoms with Crippen LogP contribution in [-0.2, 0) is 14.3 Å². The van der Waals surface area contributed by atoms with E-state index in [2.05, 4.69) is 5.32 Å². The molecule has 1 aliphatic rings. The predicted molar refractivity (Wildman–Crippen MR) is 82.0 cm³/mol. The van der Waals surface area contributed by atoms with Crippen molar-refractivity contribution in [2.45, 2.75) is 12.0 Å². The molecule has 1 N–H and O–H groups in total. The van der Waals surface area contributed by atoms with Gasteiger partial charge in [0.1, 0.15) is 5.92 Å². The van der Waals surface area contributed by atoms with Crippen molar-refractivity contribution in [1.29, 1.82) is 0 Å². The second-order valence-corrected chi connectivity index (χ2v) is 5.33. The van der Waals surface area contributed by atoms with Crippen molar-refractivity contribution in [2.24, 2.45) is 5.92 Å². The van der Waals surface area contributed by atoms with Crippen molar-refractivity contribution < 1.29 is 14.3 Å². The fourth-order valence-corrected chi connectivity index (χ4v) is 3.08. The fourth-order valence-electron chi connectivity index (χ4n) is 3.08. The molecule has 2 aromatic carbocycles. The van der Waals surface area contributed by atoms with Gasteiger partial charge in [-0.2, -0.15) is 0 Å². The summed E-state index contributed by atoms with van der Waals surface area (Å²) in [4.78, 5) is 24.4. The number of carbonyl (C=O) groups is 2. The van der Waals surface area contributed by atoms with Gasteiger partial charge >= 0.3 is 5.97 Å². The average Bonchev–Trinajstić information content (AvgIpc) is 2.93. The van der Waals surface area contributed by atoms with E-state index in [-0.39, 0.29) is 17.9 Å². The zero-order valence-corrected chi connectivity index (χ0v) is 12.2. The molecule has 2 aromatic rings. The Morgan fingerprint density at radius 2 is 1.50 bits per heavy atom. The van der Waals surface area contributed by atoms with Gasteiger partial charge in [0.2, 0.25) is 5.91 Å². The molecule has 3 unspecified atom stereocenters. The van der Waals surface area contributed by atoms with Crippen LogP contribution in [0.15, 0.2) is 60.7 Å². The molecule has 0 saturated carbocycles. The SMILES string of the molecule is COC(=O)C1C(=O)NC(c2ccccc2)C1c1ccccc1. The maximum Gasteiger partial charge on any atom is 0.318 e. The van der Waals surface area contributed by atoms with Crippen LogP contribution in [0.3, 0.4) is 0 Å². The monoisotopic (exact) mass is 295 g/mol. The molecule has 112 valence electrons. The Kier molecular flexibility index (Phi) is 3.92. The number of benzene rings is 2. The number of rotatable bonds is 3. The Balaban J connectivity index is 2.06. The molecule has 1 amide bonds. The molecule has 0 radical (unpaired) electrons. The molecule has 0 aliphatic carbocycles. The molecule has 1 fully saturated rings. The minimum atomic E-state index is -0.822. The Labute approximate surface area is 129 Å². The number of esters is 1. The van der Waals surface area contributed by atoms with E-state index in [0.29, 0.717) is 0 Å². The lowest BCUT2D eigenvalue weighted by Gasteiger charge is -2.22. The average molecular weight is 295 g/mol. The van der Waals surface area contributed by atoms with E-state index in [0.717, 1.165) is 11.1 Å². The number of nitrogens with one attached hydrogen (secondary N) is 1. The summed E-state index contributed by atoms with van der Waals surface area (Å²) < 4.78 is 4.84. The third-order valence-electron chi connectivity index (χ3n) is 4.10. The summed E-state index contributed by atoms with van der Waals surface area (Å²) >= 11 is 0. The molecule has 3 atom stereocenters. The standard InChI is InChI=1S/C18H17NO3/c1-22-18(21)15-14(12-8-4-2-5-9-12)16(19-17(15)20)13-10-6-3-7-11-13/h2-11,14-16H,1H3,(H,19,20). The molecule has 0 bridgehead atoms. The third kappa shape index (κ3) is 2.48. The summed E-state index contributed by atoms with van der Waals surface area (Å²) in [5.74, 6) is -1.87. The quantitative estimate of drug-likeness (QED) is 0.699. The predicted octanol–water partition coefficient (Wildman–Crippen LogP) is 2.43. The van der Waals surface area contributed by atoms with Gasteiger partial charge in [-0.15, -0.1) is 0 Å². The number of ether oxygens (including phenoxy) is 1. The Morgan fingerprint density at radius 1 is 0.955 bits per heavy atom. The van der Waals surface area contributed by atoms with E-state index in [1.54, 1.807) is 0 Å². The van der Waals surface area contributed by atoms with Gasteiger partial charge in [0, 0.05) is 5.92 Å². The fraction of sp³-hybridized carbons (Fsp3) is 0.222. The molecule has 1 saturated heterocycles. The first-order valence-electron chi connectivity index (χ1n) is 7.20. The van der Waals surface area contributed by atoms with Gasteiger partial charge in [0.05, 0.1) is 13.2 Å². The van der Waals surface area contributed by atoms with E-state index < -0.39 is 11.9 Å². The molecule has 0 aromatic heterocycles. The number of carbonyl (C=O) groups excluding carboxylic acids is 2. The van der Waals surface area contributed by atoms with E-state index in [1.165, 1.54) is 7.11 Å². The van der Waals surface area contributed by atoms with E-state index in [9.17, 15) is 9.59 Å². The summed E-state index contributed by atoms with van der Waals surface area (Å²) in [6.07, 6.45) is 0. The molecular weight excluding hydrogens is 278 g/mol. The molecule has 4 nitrogen and oxygen atoms in total. The summed E-state index contributed by atoms with van der Waals surface area (Å²) in [5.41, 5.74) is 1.93. The molecular formula is C18H17NO3. The summed E-state index contributed by atoms with van der Waals surface area (Å²) in [5, 5.41) is 2.94. The third-order valence-corrected chi connectivity index (χ3v) is 4.10. The maximum atomic E-state index is 12.3. The molecule has 3 rings (SSSR count). The van der Waals surface area contributed by atoms with Crippen molar-refractivity contribution in [3.63, 3.8) is 0 Å². The highest BCUT2D eigenvalue weighted by Gasteiger charge is 2.48. The van der Waals surface area contributed by atoms with Gasteiger partial charge in [-0.05, 0) is 11.1 Å².